The van der Waals surface area contributed by atoms with Crippen molar-refractivity contribution in [3.8, 4) is 0 Å². The number of pyridine rings is 1. The Balaban J connectivity index is 3.20. The van der Waals surface area contributed by atoms with Crippen molar-refractivity contribution in [2.24, 2.45) is 11.7 Å². The van der Waals surface area contributed by atoms with E-state index in [1.165, 1.54) is 0 Å². The predicted octanol–water partition coefficient (Wildman–Crippen LogP) is 3.32. The first-order valence-electron chi connectivity index (χ1n) is 7.11. The first-order valence-corrected chi connectivity index (χ1v) is 7.11. The van der Waals surface area contributed by atoms with E-state index in [1.807, 2.05) is 0 Å². The number of hydrogen-bond donors (Lipinski definition) is 1. The Morgan fingerprint density at radius 1 is 1.21 bits per heavy atom. The molecule has 0 amide bonds. The van der Waals surface area contributed by atoms with Gasteiger partial charge in [0.2, 0.25) is 0 Å². The van der Waals surface area contributed by atoms with E-state index in [9.17, 15) is 0 Å². The van der Waals surface area contributed by atoms with Crippen LogP contribution < -0.4 is 10.6 Å². The molecule has 0 saturated carbocycles. The average molecular weight is 263 g/mol. The smallest absolute Gasteiger partial charge is 0.129 e. The third-order valence-corrected chi connectivity index (χ3v) is 3.81. The minimum absolute atomic E-state index is 0.0435. The van der Waals surface area contributed by atoms with Gasteiger partial charge in [-0.1, -0.05) is 34.6 Å². The highest BCUT2D eigenvalue weighted by molar-refractivity contribution is 5.44. The molecule has 1 aromatic rings. The Hall–Kier alpha value is -1.09. The van der Waals surface area contributed by atoms with Crippen molar-refractivity contribution in [2.75, 3.05) is 11.9 Å². The molecule has 1 heterocycles. The van der Waals surface area contributed by atoms with Crippen molar-refractivity contribution in [3.05, 3.63) is 23.4 Å². The minimum atomic E-state index is 0.0435. The van der Waals surface area contributed by atoms with Crippen LogP contribution in [0.4, 0.5) is 5.82 Å². The summed E-state index contributed by atoms with van der Waals surface area (Å²) >= 11 is 0. The van der Waals surface area contributed by atoms with Crippen molar-refractivity contribution in [2.45, 2.75) is 59.5 Å². The number of nitrogens with two attached hydrogens (primary N) is 1. The second kappa shape index (κ2) is 5.91. The predicted molar refractivity (Wildman–Crippen MR) is 83.5 cm³/mol. The van der Waals surface area contributed by atoms with Crippen LogP contribution in [0, 0.1) is 5.92 Å². The largest absolute Gasteiger partial charge is 0.357 e. The summed E-state index contributed by atoms with van der Waals surface area (Å²) in [5.74, 6) is 1.61. The maximum Gasteiger partial charge on any atom is 0.129 e. The standard InChI is InChI=1S/C16H29N3/c1-11(2)12(3)19(7)15-9-13(10-17)8-14(18-15)16(4,5)6/h8-9,11-12H,10,17H2,1-7H3. The van der Waals surface area contributed by atoms with Gasteiger partial charge in [-0.15, -0.1) is 0 Å². The van der Waals surface area contributed by atoms with Gasteiger partial charge in [0, 0.05) is 30.7 Å². The van der Waals surface area contributed by atoms with Crippen LogP contribution in [0.3, 0.4) is 0 Å². The van der Waals surface area contributed by atoms with Crippen molar-refractivity contribution in [3.63, 3.8) is 0 Å². The Labute approximate surface area is 118 Å². The van der Waals surface area contributed by atoms with Crippen LogP contribution in [0.1, 0.15) is 52.8 Å². The maximum atomic E-state index is 5.82. The third-order valence-electron chi connectivity index (χ3n) is 3.81. The molecule has 1 atom stereocenters. The molecular weight excluding hydrogens is 234 g/mol. The summed E-state index contributed by atoms with van der Waals surface area (Å²) in [5.41, 5.74) is 8.12. The number of rotatable bonds is 4. The summed E-state index contributed by atoms with van der Waals surface area (Å²) in [6, 6.07) is 4.68. The molecule has 0 fully saturated rings. The van der Waals surface area contributed by atoms with Crippen LogP contribution in [-0.2, 0) is 12.0 Å². The molecule has 0 aliphatic carbocycles. The highest BCUT2D eigenvalue weighted by atomic mass is 15.2. The Kier molecular flexibility index (Phi) is 4.97. The zero-order valence-corrected chi connectivity index (χ0v) is 13.5. The van der Waals surface area contributed by atoms with Crippen molar-refractivity contribution in [1.29, 1.82) is 0 Å². The van der Waals surface area contributed by atoms with Crippen LogP contribution in [0.2, 0.25) is 0 Å². The molecule has 0 bridgehead atoms. The van der Waals surface area contributed by atoms with Gasteiger partial charge in [-0.25, -0.2) is 4.98 Å². The lowest BCUT2D eigenvalue weighted by Gasteiger charge is -2.30. The van der Waals surface area contributed by atoms with E-state index in [1.54, 1.807) is 0 Å². The van der Waals surface area contributed by atoms with Crippen LogP contribution in [0.5, 0.6) is 0 Å². The highest BCUT2D eigenvalue weighted by Crippen LogP contribution is 2.26. The summed E-state index contributed by atoms with van der Waals surface area (Å²) in [4.78, 5) is 7.08. The van der Waals surface area contributed by atoms with Gasteiger partial charge in [0.05, 0.1) is 0 Å². The van der Waals surface area contributed by atoms with E-state index in [-0.39, 0.29) is 5.41 Å². The third kappa shape index (κ3) is 3.93. The van der Waals surface area contributed by atoms with E-state index >= 15 is 0 Å². The van der Waals surface area contributed by atoms with Gasteiger partial charge in [-0.3, -0.25) is 0 Å². The summed E-state index contributed by atoms with van der Waals surface area (Å²) in [6.07, 6.45) is 0. The fourth-order valence-electron chi connectivity index (χ4n) is 1.91. The van der Waals surface area contributed by atoms with Gasteiger partial charge >= 0.3 is 0 Å². The van der Waals surface area contributed by atoms with Crippen molar-refractivity contribution >= 4 is 5.82 Å². The molecular formula is C16H29N3. The molecule has 1 unspecified atom stereocenters. The molecule has 1 rings (SSSR count). The highest BCUT2D eigenvalue weighted by Gasteiger charge is 2.20. The summed E-state index contributed by atoms with van der Waals surface area (Å²) in [7, 11) is 2.11. The zero-order valence-electron chi connectivity index (χ0n) is 13.5. The molecule has 2 N–H and O–H groups in total. The topological polar surface area (TPSA) is 42.1 Å². The summed E-state index contributed by atoms with van der Waals surface area (Å²) in [5, 5.41) is 0. The van der Waals surface area contributed by atoms with E-state index in [0.29, 0.717) is 18.5 Å². The fourth-order valence-corrected chi connectivity index (χ4v) is 1.91. The van der Waals surface area contributed by atoms with Gasteiger partial charge in [-0.05, 0) is 30.5 Å². The zero-order chi connectivity index (χ0) is 14.8. The van der Waals surface area contributed by atoms with E-state index in [2.05, 4.69) is 65.6 Å². The number of hydrogen-bond acceptors (Lipinski definition) is 3. The molecule has 0 radical (unpaired) electrons. The monoisotopic (exact) mass is 263 g/mol. The summed E-state index contributed by atoms with van der Waals surface area (Å²) < 4.78 is 0. The lowest BCUT2D eigenvalue weighted by atomic mass is 9.90. The van der Waals surface area contributed by atoms with Gasteiger partial charge in [0.1, 0.15) is 5.82 Å². The van der Waals surface area contributed by atoms with Crippen LogP contribution in [0.15, 0.2) is 12.1 Å². The first-order chi connectivity index (χ1) is 8.66. The molecule has 0 aliphatic heterocycles. The lowest BCUT2D eigenvalue weighted by molar-refractivity contribution is 0.499. The second-order valence-electron chi connectivity index (χ2n) is 6.77. The molecule has 0 saturated heterocycles. The molecule has 0 aliphatic rings. The van der Waals surface area contributed by atoms with E-state index in [0.717, 1.165) is 17.1 Å². The SMILES string of the molecule is CC(C)C(C)N(C)c1cc(CN)cc(C(C)(C)C)n1. The Morgan fingerprint density at radius 3 is 2.21 bits per heavy atom. The molecule has 3 heteroatoms. The van der Waals surface area contributed by atoms with Crippen LogP contribution >= 0.6 is 0 Å². The lowest BCUT2D eigenvalue weighted by Crippen LogP contribution is -2.34. The van der Waals surface area contributed by atoms with E-state index in [4.69, 9.17) is 10.7 Å². The molecule has 1 aromatic heterocycles. The second-order valence-corrected chi connectivity index (χ2v) is 6.77. The van der Waals surface area contributed by atoms with Crippen LogP contribution in [-0.4, -0.2) is 18.1 Å². The van der Waals surface area contributed by atoms with Gasteiger partial charge in [0.25, 0.3) is 0 Å². The fraction of sp³-hybridized carbons (Fsp3) is 0.688. The molecule has 108 valence electrons. The van der Waals surface area contributed by atoms with Gasteiger partial charge in [-0.2, -0.15) is 0 Å². The molecule has 0 aromatic carbocycles. The number of aromatic nitrogens is 1. The average Bonchev–Trinajstić information content (AvgIpc) is 2.35. The van der Waals surface area contributed by atoms with E-state index < -0.39 is 0 Å². The molecule has 19 heavy (non-hydrogen) atoms. The summed E-state index contributed by atoms with van der Waals surface area (Å²) in [6.45, 7) is 13.8. The van der Waals surface area contributed by atoms with Crippen molar-refractivity contribution < 1.29 is 0 Å². The normalized spacial score (nSPS) is 13.7. The van der Waals surface area contributed by atoms with Crippen LogP contribution in [0.25, 0.3) is 0 Å². The quantitative estimate of drug-likeness (QED) is 0.906. The minimum Gasteiger partial charge on any atom is -0.357 e. The van der Waals surface area contributed by atoms with Gasteiger partial charge in [0.15, 0.2) is 0 Å². The number of nitrogens with zero attached hydrogens (tertiary/aromatic N) is 2. The Morgan fingerprint density at radius 2 is 1.79 bits per heavy atom. The first kappa shape index (κ1) is 16.0. The van der Waals surface area contributed by atoms with Crippen molar-refractivity contribution in [1.82, 2.24) is 4.98 Å². The number of anilines is 1. The molecule has 3 nitrogen and oxygen atoms in total. The van der Waals surface area contributed by atoms with Gasteiger partial charge < -0.3 is 10.6 Å². The Bertz CT molecular complexity index is 418. The maximum absolute atomic E-state index is 5.82. The molecule has 0 spiro atoms.